The number of carbonyl (C=O) groups excluding carboxylic acids is 3. The molecule has 0 spiro atoms. The lowest BCUT2D eigenvalue weighted by Gasteiger charge is -2.40. The Balaban J connectivity index is 2.23. The van der Waals surface area contributed by atoms with Crippen molar-refractivity contribution in [2.75, 3.05) is 20.2 Å². The molecule has 1 aromatic carbocycles. The smallest absolute Gasteiger partial charge is 0.410 e. The van der Waals surface area contributed by atoms with Crippen LogP contribution < -0.4 is 0 Å². The SMILES string of the molecule is COC(=O)C1(C(=O)Cc2ccccc2)CCCN(C(=O)OC(C)(C)C)C1. The molecule has 26 heavy (non-hydrogen) atoms. The standard InChI is InChI=1S/C20H27NO5/c1-19(2,3)26-18(24)21-12-8-11-20(14-21,17(23)25-4)16(22)13-15-9-6-5-7-10-15/h5-7,9-10H,8,11-14H2,1-4H3. The summed E-state index contributed by atoms with van der Waals surface area (Å²) < 4.78 is 10.3. The molecule has 0 bridgehead atoms. The number of Topliss-reactive ketones (excluding diaryl/α,β-unsaturated/α-hetero) is 1. The number of likely N-dealkylation sites (tertiary alicyclic amines) is 1. The molecule has 1 amide bonds. The van der Waals surface area contributed by atoms with Crippen molar-refractivity contribution in [1.29, 1.82) is 0 Å². The summed E-state index contributed by atoms with van der Waals surface area (Å²) in [5.41, 5.74) is -1.16. The van der Waals surface area contributed by atoms with Gasteiger partial charge in [0.05, 0.1) is 7.11 Å². The molecule has 1 heterocycles. The van der Waals surface area contributed by atoms with Crippen molar-refractivity contribution in [2.45, 2.75) is 45.6 Å². The zero-order valence-electron chi connectivity index (χ0n) is 15.9. The van der Waals surface area contributed by atoms with Crippen molar-refractivity contribution in [3.05, 3.63) is 35.9 Å². The van der Waals surface area contributed by atoms with Crippen LogP contribution in [0, 0.1) is 5.41 Å². The highest BCUT2D eigenvalue weighted by Gasteiger charge is 2.50. The van der Waals surface area contributed by atoms with E-state index in [1.165, 1.54) is 12.0 Å². The zero-order chi connectivity index (χ0) is 19.4. The van der Waals surface area contributed by atoms with Gasteiger partial charge in [0.15, 0.2) is 5.78 Å². The lowest BCUT2D eigenvalue weighted by Crippen LogP contribution is -2.55. The van der Waals surface area contributed by atoms with Crippen molar-refractivity contribution in [3.8, 4) is 0 Å². The van der Waals surface area contributed by atoms with Crippen LogP contribution in [0.3, 0.4) is 0 Å². The summed E-state index contributed by atoms with van der Waals surface area (Å²) in [7, 11) is 1.27. The molecule has 2 rings (SSSR count). The minimum Gasteiger partial charge on any atom is -0.468 e. The normalized spacial score (nSPS) is 20.4. The van der Waals surface area contributed by atoms with Crippen LogP contribution in [-0.2, 0) is 25.5 Å². The van der Waals surface area contributed by atoms with E-state index in [-0.39, 0.29) is 18.7 Å². The maximum atomic E-state index is 13.1. The summed E-state index contributed by atoms with van der Waals surface area (Å²) in [4.78, 5) is 39.5. The summed E-state index contributed by atoms with van der Waals surface area (Å²) >= 11 is 0. The number of ketones is 1. The van der Waals surface area contributed by atoms with Crippen LogP contribution in [0.15, 0.2) is 30.3 Å². The fraction of sp³-hybridized carbons (Fsp3) is 0.550. The molecule has 1 aromatic rings. The van der Waals surface area contributed by atoms with Gasteiger partial charge in [-0.2, -0.15) is 0 Å². The Morgan fingerprint density at radius 2 is 1.81 bits per heavy atom. The highest BCUT2D eigenvalue weighted by Crippen LogP contribution is 2.34. The summed E-state index contributed by atoms with van der Waals surface area (Å²) in [5.74, 6) is -0.824. The number of nitrogens with zero attached hydrogens (tertiary/aromatic N) is 1. The quantitative estimate of drug-likeness (QED) is 0.609. The molecule has 1 fully saturated rings. The fourth-order valence-electron chi connectivity index (χ4n) is 3.19. The van der Waals surface area contributed by atoms with E-state index in [1.807, 2.05) is 30.3 Å². The van der Waals surface area contributed by atoms with Gasteiger partial charge in [-0.05, 0) is 39.2 Å². The average molecular weight is 361 g/mol. The second-order valence-corrected chi connectivity index (χ2v) is 7.66. The number of esters is 1. The highest BCUT2D eigenvalue weighted by atomic mass is 16.6. The van der Waals surface area contributed by atoms with Crippen molar-refractivity contribution >= 4 is 17.8 Å². The van der Waals surface area contributed by atoms with Crippen LogP contribution in [0.2, 0.25) is 0 Å². The Morgan fingerprint density at radius 1 is 1.15 bits per heavy atom. The Kier molecular flexibility index (Phi) is 6.05. The van der Waals surface area contributed by atoms with E-state index in [1.54, 1.807) is 20.8 Å². The average Bonchev–Trinajstić information content (AvgIpc) is 2.60. The first-order valence-corrected chi connectivity index (χ1v) is 8.81. The molecule has 6 heteroatoms. The Labute approximate surface area is 154 Å². The van der Waals surface area contributed by atoms with Gasteiger partial charge in [-0.3, -0.25) is 9.59 Å². The van der Waals surface area contributed by atoms with Gasteiger partial charge in [-0.15, -0.1) is 0 Å². The molecule has 6 nitrogen and oxygen atoms in total. The fourth-order valence-corrected chi connectivity index (χ4v) is 3.19. The largest absolute Gasteiger partial charge is 0.468 e. The molecular weight excluding hydrogens is 334 g/mol. The van der Waals surface area contributed by atoms with Gasteiger partial charge in [0, 0.05) is 19.5 Å². The van der Waals surface area contributed by atoms with Gasteiger partial charge in [-0.25, -0.2) is 4.79 Å². The van der Waals surface area contributed by atoms with Crippen molar-refractivity contribution in [2.24, 2.45) is 5.41 Å². The maximum Gasteiger partial charge on any atom is 0.410 e. The number of hydrogen-bond acceptors (Lipinski definition) is 5. The summed E-state index contributed by atoms with van der Waals surface area (Å²) in [6, 6.07) is 9.26. The molecule has 0 N–H and O–H groups in total. The number of carbonyl (C=O) groups is 3. The van der Waals surface area contributed by atoms with Crippen LogP contribution in [0.25, 0.3) is 0 Å². The molecule has 0 aromatic heterocycles. The number of methoxy groups -OCH3 is 1. The summed E-state index contributed by atoms with van der Waals surface area (Å²) in [6.45, 7) is 5.78. The van der Waals surface area contributed by atoms with E-state index in [4.69, 9.17) is 9.47 Å². The minimum absolute atomic E-state index is 0.0136. The molecule has 1 atom stereocenters. The Morgan fingerprint density at radius 3 is 2.38 bits per heavy atom. The first-order chi connectivity index (χ1) is 12.2. The second kappa shape index (κ2) is 7.89. The van der Waals surface area contributed by atoms with Crippen molar-refractivity contribution in [3.63, 3.8) is 0 Å². The predicted octanol–water partition coefficient (Wildman–Crippen LogP) is 2.99. The van der Waals surface area contributed by atoms with Crippen LogP contribution in [0.5, 0.6) is 0 Å². The third kappa shape index (κ3) is 4.62. The molecule has 0 aliphatic carbocycles. The van der Waals surface area contributed by atoms with E-state index in [0.29, 0.717) is 19.4 Å². The summed E-state index contributed by atoms with van der Waals surface area (Å²) in [6.07, 6.45) is 0.510. The first-order valence-electron chi connectivity index (χ1n) is 8.81. The Bertz CT molecular complexity index is 665. The van der Waals surface area contributed by atoms with Gasteiger partial charge in [0.2, 0.25) is 0 Å². The van der Waals surface area contributed by atoms with Crippen LogP contribution >= 0.6 is 0 Å². The predicted molar refractivity (Wildman–Crippen MR) is 96.6 cm³/mol. The number of amides is 1. The van der Waals surface area contributed by atoms with E-state index in [2.05, 4.69) is 0 Å². The van der Waals surface area contributed by atoms with Crippen LogP contribution in [-0.4, -0.2) is 48.5 Å². The molecular formula is C20H27NO5. The van der Waals surface area contributed by atoms with Crippen LogP contribution in [0.1, 0.15) is 39.2 Å². The minimum atomic E-state index is -1.35. The number of benzene rings is 1. The van der Waals surface area contributed by atoms with Crippen LogP contribution in [0.4, 0.5) is 4.79 Å². The maximum absolute atomic E-state index is 13.1. The Hall–Kier alpha value is -2.37. The summed E-state index contributed by atoms with van der Waals surface area (Å²) in [5, 5.41) is 0. The third-order valence-corrected chi connectivity index (χ3v) is 4.46. The van der Waals surface area contributed by atoms with Gasteiger partial charge in [0.25, 0.3) is 0 Å². The number of rotatable bonds is 4. The van der Waals surface area contributed by atoms with E-state index < -0.39 is 23.1 Å². The van der Waals surface area contributed by atoms with Crippen molar-refractivity contribution < 1.29 is 23.9 Å². The number of ether oxygens (including phenoxy) is 2. The van der Waals surface area contributed by atoms with E-state index in [9.17, 15) is 14.4 Å². The monoisotopic (exact) mass is 361 g/mol. The molecule has 1 unspecified atom stereocenters. The molecule has 142 valence electrons. The highest BCUT2D eigenvalue weighted by molar-refractivity contribution is 6.05. The van der Waals surface area contributed by atoms with Gasteiger partial charge >= 0.3 is 12.1 Å². The number of hydrogen-bond donors (Lipinski definition) is 0. The van der Waals surface area contributed by atoms with E-state index in [0.717, 1.165) is 5.56 Å². The van der Waals surface area contributed by atoms with Crippen molar-refractivity contribution in [1.82, 2.24) is 4.90 Å². The third-order valence-electron chi connectivity index (χ3n) is 4.46. The lowest BCUT2D eigenvalue weighted by atomic mass is 9.74. The molecule has 0 radical (unpaired) electrons. The van der Waals surface area contributed by atoms with Gasteiger partial charge in [0.1, 0.15) is 11.0 Å². The topological polar surface area (TPSA) is 72.9 Å². The number of piperidine rings is 1. The molecule has 1 aliphatic rings. The zero-order valence-corrected chi connectivity index (χ0v) is 15.9. The first kappa shape index (κ1) is 19.9. The van der Waals surface area contributed by atoms with E-state index >= 15 is 0 Å². The van der Waals surface area contributed by atoms with Gasteiger partial charge in [-0.1, -0.05) is 30.3 Å². The molecule has 1 aliphatic heterocycles. The molecule has 1 saturated heterocycles. The second-order valence-electron chi connectivity index (χ2n) is 7.66. The van der Waals surface area contributed by atoms with Gasteiger partial charge < -0.3 is 14.4 Å². The molecule has 0 saturated carbocycles. The lowest BCUT2D eigenvalue weighted by molar-refractivity contribution is -0.161.